The van der Waals surface area contributed by atoms with Gasteiger partial charge in [0.2, 0.25) is 0 Å². The van der Waals surface area contributed by atoms with Crippen LogP contribution in [0.1, 0.15) is 30.0 Å². The highest BCUT2D eigenvalue weighted by Gasteiger charge is 2.20. The Morgan fingerprint density at radius 2 is 2.17 bits per heavy atom. The lowest BCUT2D eigenvalue weighted by Crippen LogP contribution is -2.00. The van der Waals surface area contributed by atoms with Crippen LogP contribution in [-0.4, -0.2) is 19.7 Å². The van der Waals surface area contributed by atoms with E-state index in [0.717, 1.165) is 29.7 Å². The summed E-state index contributed by atoms with van der Waals surface area (Å²) in [6.45, 7) is 4.29. The number of esters is 1. The maximum atomic E-state index is 11.5. The summed E-state index contributed by atoms with van der Waals surface area (Å²) in [5.41, 5.74) is 4.67. The maximum absolute atomic E-state index is 11.5. The normalized spacial score (nSPS) is 15.6. The topological polar surface area (TPSA) is 35.5 Å². The molecule has 0 bridgehead atoms. The van der Waals surface area contributed by atoms with E-state index in [4.69, 9.17) is 9.47 Å². The van der Waals surface area contributed by atoms with E-state index < -0.39 is 0 Å². The van der Waals surface area contributed by atoms with Crippen LogP contribution in [0.5, 0.6) is 5.75 Å². The van der Waals surface area contributed by atoms with E-state index in [2.05, 4.69) is 6.92 Å². The maximum Gasteiger partial charge on any atom is 0.331 e. The minimum atomic E-state index is -0.256. The van der Waals surface area contributed by atoms with Crippen molar-refractivity contribution < 1.29 is 14.3 Å². The van der Waals surface area contributed by atoms with Gasteiger partial charge < -0.3 is 9.47 Å². The highest BCUT2D eigenvalue weighted by molar-refractivity contribution is 5.93. The van der Waals surface area contributed by atoms with Crippen LogP contribution in [0, 0.1) is 6.92 Å². The molecule has 0 fully saturated rings. The van der Waals surface area contributed by atoms with E-state index in [1.165, 1.54) is 11.1 Å². The van der Waals surface area contributed by atoms with Gasteiger partial charge in [0.05, 0.1) is 13.7 Å². The Kier molecular flexibility index (Phi) is 3.70. The fraction of sp³-hybridized carbons (Fsp3) is 0.400. The largest absolute Gasteiger partial charge is 0.496 e. The zero-order chi connectivity index (χ0) is 13.1. The summed E-state index contributed by atoms with van der Waals surface area (Å²) in [6, 6.07) is 3.98. The molecule has 2 rings (SSSR count). The number of rotatable bonds is 3. The summed E-state index contributed by atoms with van der Waals surface area (Å²) in [5.74, 6) is 0.653. The van der Waals surface area contributed by atoms with Crippen LogP contribution in [0.3, 0.4) is 0 Å². The number of carbonyl (C=O) groups is 1. The Bertz CT molecular complexity index is 501. The predicted molar refractivity (Wildman–Crippen MR) is 70.7 cm³/mol. The fourth-order valence-electron chi connectivity index (χ4n) is 2.45. The van der Waals surface area contributed by atoms with Gasteiger partial charge in [-0.3, -0.25) is 0 Å². The third-order valence-electron chi connectivity index (χ3n) is 3.34. The van der Waals surface area contributed by atoms with Gasteiger partial charge in [0.25, 0.3) is 0 Å². The average Bonchev–Trinajstić information content (AvgIpc) is 2.74. The van der Waals surface area contributed by atoms with Crippen LogP contribution in [0.25, 0.3) is 5.57 Å². The van der Waals surface area contributed by atoms with Crippen LogP contribution in [0.4, 0.5) is 0 Å². The Labute approximate surface area is 107 Å². The highest BCUT2D eigenvalue weighted by atomic mass is 16.5. The van der Waals surface area contributed by atoms with E-state index in [9.17, 15) is 4.79 Å². The van der Waals surface area contributed by atoms with E-state index in [0.29, 0.717) is 6.61 Å². The Morgan fingerprint density at radius 3 is 2.83 bits per heavy atom. The SMILES string of the molecule is CCOC(=O)C=C1CCc2c1ccc(OC)c2C. The van der Waals surface area contributed by atoms with Crippen molar-refractivity contribution in [3.05, 3.63) is 34.9 Å². The second kappa shape index (κ2) is 5.25. The van der Waals surface area contributed by atoms with Gasteiger partial charge in [0.1, 0.15) is 5.75 Å². The van der Waals surface area contributed by atoms with Crippen molar-refractivity contribution in [3.63, 3.8) is 0 Å². The Balaban J connectivity index is 2.35. The van der Waals surface area contributed by atoms with Crippen molar-refractivity contribution in [3.8, 4) is 5.75 Å². The van der Waals surface area contributed by atoms with Gasteiger partial charge in [-0.05, 0) is 55.0 Å². The third-order valence-corrected chi connectivity index (χ3v) is 3.34. The number of carbonyl (C=O) groups excluding carboxylic acids is 1. The number of methoxy groups -OCH3 is 1. The molecule has 96 valence electrons. The highest BCUT2D eigenvalue weighted by Crippen LogP contribution is 2.37. The lowest BCUT2D eigenvalue weighted by Gasteiger charge is -2.09. The van der Waals surface area contributed by atoms with Gasteiger partial charge in [-0.1, -0.05) is 6.07 Å². The fourth-order valence-corrected chi connectivity index (χ4v) is 2.45. The zero-order valence-corrected chi connectivity index (χ0v) is 11.1. The lowest BCUT2D eigenvalue weighted by atomic mass is 10.0. The molecular weight excluding hydrogens is 228 g/mol. The summed E-state index contributed by atoms with van der Waals surface area (Å²) >= 11 is 0. The Morgan fingerprint density at radius 1 is 1.39 bits per heavy atom. The number of benzene rings is 1. The summed E-state index contributed by atoms with van der Waals surface area (Å²) in [4.78, 5) is 11.5. The quantitative estimate of drug-likeness (QED) is 0.607. The minimum Gasteiger partial charge on any atom is -0.496 e. The molecule has 18 heavy (non-hydrogen) atoms. The molecular formula is C15H18O3. The first kappa shape index (κ1) is 12.7. The van der Waals surface area contributed by atoms with Crippen LogP contribution in [0.15, 0.2) is 18.2 Å². The van der Waals surface area contributed by atoms with Crippen LogP contribution in [-0.2, 0) is 16.0 Å². The molecule has 0 saturated carbocycles. The second-order valence-corrected chi connectivity index (χ2v) is 4.34. The third kappa shape index (κ3) is 2.26. The first-order valence-corrected chi connectivity index (χ1v) is 6.21. The van der Waals surface area contributed by atoms with Crippen LogP contribution < -0.4 is 4.74 Å². The minimum absolute atomic E-state index is 0.256. The molecule has 1 aliphatic rings. The number of ether oxygens (including phenoxy) is 2. The molecule has 0 aliphatic heterocycles. The van der Waals surface area contributed by atoms with Crippen LogP contribution in [0.2, 0.25) is 0 Å². The van der Waals surface area contributed by atoms with E-state index in [1.54, 1.807) is 13.2 Å². The first-order valence-electron chi connectivity index (χ1n) is 6.21. The molecule has 1 aliphatic carbocycles. The van der Waals surface area contributed by atoms with Crippen molar-refractivity contribution in [2.75, 3.05) is 13.7 Å². The molecule has 0 amide bonds. The molecule has 0 spiro atoms. The van der Waals surface area contributed by atoms with Crippen molar-refractivity contribution in [2.45, 2.75) is 26.7 Å². The van der Waals surface area contributed by atoms with Crippen molar-refractivity contribution in [1.29, 1.82) is 0 Å². The zero-order valence-electron chi connectivity index (χ0n) is 11.1. The number of allylic oxidation sites excluding steroid dienone is 1. The molecule has 3 nitrogen and oxygen atoms in total. The predicted octanol–water partition coefficient (Wildman–Crippen LogP) is 2.90. The van der Waals surface area contributed by atoms with Gasteiger partial charge in [-0.15, -0.1) is 0 Å². The molecule has 0 N–H and O–H groups in total. The molecule has 0 atom stereocenters. The molecule has 0 radical (unpaired) electrons. The van der Waals surface area contributed by atoms with E-state index in [-0.39, 0.29) is 5.97 Å². The van der Waals surface area contributed by atoms with E-state index in [1.807, 2.05) is 19.1 Å². The van der Waals surface area contributed by atoms with Gasteiger partial charge in [0.15, 0.2) is 0 Å². The smallest absolute Gasteiger partial charge is 0.331 e. The van der Waals surface area contributed by atoms with Crippen molar-refractivity contribution in [2.24, 2.45) is 0 Å². The van der Waals surface area contributed by atoms with Gasteiger partial charge in [-0.25, -0.2) is 4.79 Å². The molecule has 0 unspecified atom stereocenters. The molecule has 1 aromatic carbocycles. The lowest BCUT2D eigenvalue weighted by molar-refractivity contribution is -0.137. The molecule has 3 heteroatoms. The summed E-state index contributed by atoms with van der Waals surface area (Å²) in [6.07, 6.45) is 3.47. The average molecular weight is 246 g/mol. The Hall–Kier alpha value is -1.77. The summed E-state index contributed by atoms with van der Waals surface area (Å²) < 4.78 is 10.3. The summed E-state index contributed by atoms with van der Waals surface area (Å²) in [5, 5.41) is 0. The molecule has 0 aromatic heterocycles. The van der Waals surface area contributed by atoms with Crippen LogP contribution >= 0.6 is 0 Å². The van der Waals surface area contributed by atoms with E-state index >= 15 is 0 Å². The molecule has 0 saturated heterocycles. The summed E-state index contributed by atoms with van der Waals surface area (Å²) in [7, 11) is 1.68. The standard InChI is InChI=1S/C15H18O3/c1-4-18-15(16)9-11-5-6-12-10(2)14(17-3)8-7-13(11)12/h7-9H,4-6H2,1-3H3. The second-order valence-electron chi connectivity index (χ2n) is 4.34. The number of hydrogen-bond donors (Lipinski definition) is 0. The number of hydrogen-bond acceptors (Lipinski definition) is 3. The van der Waals surface area contributed by atoms with Gasteiger partial charge in [-0.2, -0.15) is 0 Å². The molecule has 0 heterocycles. The van der Waals surface area contributed by atoms with Gasteiger partial charge >= 0.3 is 5.97 Å². The monoisotopic (exact) mass is 246 g/mol. The number of fused-ring (bicyclic) bond motifs is 1. The molecule has 1 aromatic rings. The van der Waals surface area contributed by atoms with Crippen molar-refractivity contribution in [1.82, 2.24) is 0 Å². The first-order chi connectivity index (χ1) is 8.67. The van der Waals surface area contributed by atoms with Gasteiger partial charge in [0, 0.05) is 6.08 Å². The van der Waals surface area contributed by atoms with Crippen molar-refractivity contribution >= 4 is 11.5 Å².